The third kappa shape index (κ3) is 1.69. The molecule has 0 spiro atoms. The van der Waals surface area contributed by atoms with Crippen LogP contribution in [0.5, 0.6) is 0 Å². The molecule has 0 saturated carbocycles. The maximum Gasteiger partial charge on any atom is 0.0524 e. The van der Waals surface area contributed by atoms with Crippen molar-refractivity contribution in [2.24, 2.45) is 11.2 Å². The summed E-state index contributed by atoms with van der Waals surface area (Å²) in [6.07, 6.45) is 3.57. The lowest BCUT2D eigenvalue weighted by Gasteiger charge is -2.27. The van der Waals surface area contributed by atoms with Crippen molar-refractivity contribution < 1.29 is 0 Å². The van der Waals surface area contributed by atoms with Crippen molar-refractivity contribution in [2.45, 2.75) is 26.2 Å². The first kappa shape index (κ1) is 7.51. The Morgan fingerprint density at radius 2 is 2.50 bits per heavy atom. The Balaban J connectivity index is 2.31. The fourth-order valence-electron chi connectivity index (χ4n) is 1.45. The standard InChI is InChI=1S/C7H14N2O/c1-2-7-4-3-5-9(6-7)8-10/h7H,2-6H2,1H3. The molecule has 0 aromatic rings. The molecule has 1 aliphatic heterocycles. The molecule has 1 unspecified atom stereocenters. The lowest BCUT2D eigenvalue weighted by atomic mass is 9.97. The molecule has 0 N–H and O–H groups in total. The van der Waals surface area contributed by atoms with E-state index >= 15 is 0 Å². The molecule has 1 rings (SSSR count). The molecule has 0 aliphatic carbocycles. The van der Waals surface area contributed by atoms with Gasteiger partial charge in [0.05, 0.1) is 5.29 Å². The second-order valence-electron chi connectivity index (χ2n) is 2.91. The van der Waals surface area contributed by atoms with Crippen LogP contribution in [0.4, 0.5) is 0 Å². The highest BCUT2D eigenvalue weighted by molar-refractivity contribution is 4.68. The summed E-state index contributed by atoms with van der Waals surface area (Å²) in [5.74, 6) is 0.700. The molecule has 0 bridgehead atoms. The summed E-state index contributed by atoms with van der Waals surface area (Å²) >= 11 is 0. The van der Waals surface area contributed by atoms with Gasteiger partial charge in [0, 0.05) is 13.1 Å². The summed E-state index contributed by atoms with van der Waals surface area (Å²) in [5, 5.41) is 4.57. The first-order valence-electron chi connectivity index (χ1n) is 3.95. The molecule has 1 saturated heterocycles. The molecule has 1 fully saturated rings. The molecule has 1 heterocycles. The van der Waals surface area contributed by atoms with E-state index in [4.69, 9.17) is 0 Å². The number of nitroso groups, excluding NO2 is 1. The van der Waals surface area contributed by atoms with Gasteiger partial charge in [0.2, 0.25) is 0 Å². The van der Waals surface area contributed by atoms with E-state index in [1.807, 2.05) is 0 Å². The number of piperidine rings is 1. The number of rotatable bonds is 2. The van der Waals surface area contributed by atoms with Crippen LogP contribution in [-0.2, 0) is 0 Å². The third-order valence-corrected chi connectivity index (χ3v) is 2.19. The summed E-state index contributed by atoms with van der Waals surface area (Å²) in [5.41, 5.74) is 0. The quantitative estimate of drug-likeness (QED) is 0.550. The minimum atomic E-state index is 0.700. The smallest absolute Gasteiger partial charge is 0.0524 e. The van der Waals surface area contributed by atoms with E-state index in [2.05, 4.69) is 12.2 Å². The van der Waals surface area contributed by atoms with E-state index in [-0.39, 0.29) is 0 Å². The summed E-state index contributed by atoms with van der Waals surface area (Å²) in [7, 11) is 0. The minimum Gasteiger partial charge on any atom is -0.261 e. The van der Waals surface area contributed by atoms with E-state index in [0.29, 0.717) is 5.92 Å². The molecule has 1 atom stereocenters. The zero-order valence-corrected chi connectivity index (χ0v) is 6.42. The lowest BCUT2D eigenvalue weighted by Crippen LogP contribution is -2.30. The van der Waals surface area contributed by atoms with Gasteiger partial charge >= 0.3 is 0 Å². The van der Waals surface area contributed by atoms with E-state index < -0.39 is 0 Å². The maximum absolute atomic E-state index is 10.1. The molecule has 3 heteroatoms. The molecule has 0 aromatic heterocycles. The van der Waals surface area contributed by atoms with Gasteiger partial charge in [-0.2, -0.15) is 0 Å². The molecular weight excluding hydrogens is 128 g/mol. The van der Waals surface area contributed by atoms with Crippen molar-refractivity contribution in [1.82, 2.24) is 5.01 Å². The number of hydrogen-bond acceptors (Lipinski definition) is 2. The Hall–Kier alpha value is -0.600. The van der Waals surface area contributed by atoms with Crippen LogP contribution in [0.2, 0.25) is 0 Å². The zero-order chi connectivity index (χ0) is 7.40. The van der Waals surface area contributed by atoms with Crippen molar-refractivity contribution >= 4 is 0 Å². The average molecular weight is 142 g/mol. The average Bonchev–Trinajstić information content (AvgIpc) is 2.05. The van der Waals surface area contributed by atoms with Gasteiger partial charge in [-0.25, -0.2) is 0 Å². The highest BCUT2D eigenvalue weighted by Crippen LogP contribution is 2.18. The second kappa shape index (κ2) is 3.54. The van der Waals surface area contributed by atoms with Gasteiger partial charge in [-0.3, -0.25) is 5.01 Å². The van der Waals surface area contributed by atoms with E-state index in [1.54, 1.807) is 5.01 Å². The van der Waals surface area contributed by atoms with E-state index in [9.17, 15) is 4.91 Å². The van der Waals surface area contributed by atoms with Gasteiger partial charge in [-0.05, 0) is 18.8 Å². The highest BCUT2D eigenvalue weighted by Gasteiger charge is 2.17. The van der Waals surface area contributed by atoms with Gasteiger partial charge in [0.1, 0.15) is 0 Å². The molecule has 58 valence electrons. The summed E-state index contributed by atoms with van der Waals surface area (Å²) < 4.78 is 0. The fourth-order valence-corrected chi connectivity index (χ4v) is 1.45. The van der Waals surface area contributed by atoms with Crippen LogP contribution in [0.3, 0.4) is 0 Å². The van der Waals surface area contributed by atoms with Crippen molar-refractivity contribution in [3.05, 3.63) is 4.91 Å². The van der Waals surface area contributed by atoms with E-state index in [0.717, 1.165) is 19.5 Å². The van der Waals surface area contributed by atoms with Crippen molar-refractivity contribution in [1.29, 1.82) is 0 Å². The number of hydrogen-bond donors (Lipinski definition) is 0. The molecule has 1 aliphatic rings. The third-order valence-electron chi connectivity index (χ3n) is 2.19. The molecule has 10 heavy (non-hydrogen) atoms. The van der Waals surface area contributed by atoms with Crippen LogP contribution in [0.15, 0.2) is 5.29 Å². The molecular formula is C7H14N2O. The van der Waals surface area contributed by atoms with Gasteiger partial charge in [-0.15, -0.1) is 4.91 Å². The predicted molar refractivity (Wildman–Crippen MR) is 40.4 cm³/mol. The monoisotopic (exact) mass is 142 g/mol. The van der Waals surface area contributed by atoms with Crippen LogP contribution >= 0.6 is 0 Å². The molecule has 0 radical (unpaired) electrons. The van der Waals surface area contributed by atoms with Crippen LogP contribution < -0.4 is 0 Å². The predicted octanol–water partition coefficient (Wildman–Crippen LogP) is 1.79. The first-order chi connectivity index (χ1) is 4.86. The fraction of sp³-hybridized carbons (Fsp3) is 1.00. The second-order valence-corrected chi connectivity index (χ2v) is 2.91. The van der Waals surface area contributed by atoms with Crippen molar-refractivity contribution in [3.8, 4) is 0 Å². The Labute approximate surface area is 61.3 Å². The molecule has 0 aromatic carbocycles. The van der Waals surface area contributed by atoms with Crippen molar-refractivity contribution in [2.75, 3.05) is 13.1 Å². The van der Waals surface area contributed by atoms with Gasteiger partial charge < -0.3 is 0 Å². The lowest BCUT2D eigenvalue weighted by molar-refractivity contribution is 0.175. The topological polar surface area (TPSA) is 32.7 Å². The highest BCUT2D eigenvalue weighted by atomic mass is 16.3. The van der Waals surface area contributed by atoms with Crippen molar-refractivity contribution in [3.63, 3.8) is 0 Å². The van der Waals surface area contributed by atoms with Gasteiger partial charge in [-0.1, -0.05) is 13.3 Å². The largest absolute Gasteiger partial charge is 0.261 e. The van der Waals surface area contributed by atoms with Crippen LogP contribution in [0.1, 0.15) is 26.2 Å². The molecule has 3 nitrogen and oxygen atoms in total. The number of nitrogens with zero attached hydrogens (tertiary/aromatic N) is 2. The summed E-state index contributed by atoms with van der Waals surface area (Å²) in [4.78, 5) is 10.1. The van der Waals surface area contributed by atoms with Gasteiger partial charge in [0.25, 0.3) is 0 Å². The van der Waals surface area contributed by atoms with Crippen LogP contribution in [0.25, 0.3) is 0 Å². The minimum absolute atomic E-state index is 0.700. The van der Waals surface area contributed by atoms with E-state index in [1.165, 1.54) is 12.8 Å². The molecule has 0 amide bonds. The van der Waals surface area contributed by atoms with Crippen LogP contribution in [0, 0.1) is 10.8 Å². The Morgan fingerprint density at radius 1 is 1.70 bits per heavy atom. The van der Waals surface area contributed by atoms with Gasteiger partial charge in [0.15, 0.2) is 0 Å². The summed E-state index contributed by atoms with van der Waals surface area (Å²) in [6, 6.07) is 0. The maximum atomic E-state index is 10.1. The SMILES string of the molecule is CCC1CCCN(N=O)C1. The Kier molecular flexibility index (Phi) is 2.66. The Morgan fingerprint density at radius 3 is 3.10 bits per heavy atom. The normalized spacial score (nSPS) is 26.5. The first-order valence-corrected chi connectivity index (χ1v) is 3.95. The Bertz CT molecular complexity index is 116. The zero-order valence-electron chi connectivity index (χ0n) is 6.42. The summed E-state index contributed by atoms with van der Waals surface area (Å²) in [6.45, 7) is 3.90. The van der Waals surface area contributed by atoms with Crippen LogP contribution in [-0.4, -0.2) is 18.1 Å².